The molecule has 452 valence electrons. The molecule has 0 spiro atoms. The van der Waals surface area contributed by atoms with Crippen molar-refractivity contribution in [1.29, 1.82) is 0 Å². The van der Waals surface area contributed by atoms with Crippen molar-refractivity contribution in [3.8, 4) is 0 Å². The largest absolute Gasteiger partial charge is 0.467 e. The van der Waals surface area contributed by atoms with E-state index in [0.29, 0.717) is 44.9 Å². The van der Waals surface area contributed by atoms with E-state index < -0.39 is 172 Å². The van der Waals surface area contributed by atoms with Gasteiger partial charge in [-0.05, 0) is 109 Å². The fourth-order valence-corrected chi connectivity index (χ4v) is 16.6. The van der Waals surface area contributed by atoms with E-state index >= 15 is 0 Å². The Hall–Kier alpha value is -2.12. The molecule has 0 aromatic heterocycles. The number of allylic oxidation sites excluding steroid dienone is 2. The van der Waals surface area contributed by atoms with Crippen molar-refractivity contribution in [3.63, 3.8) is 0 Å². The molecule has 28 atom stereocenters. The van der Waals surface area contributed by atoms with Crippen LogP contribution in [0.3, 0.4) is 0 Å². The molecule has 5 aliphatic carbocycles. The number of hydrogen-bond donors (Lipinski definition) is 13. The molecule has 4 aliphatic heterocycles. The van der Waals surface area contributed by atoms with Gasteiger partial charge in [-0.25, -0.2) is 4.79 Å². The second-order valence-corrected chi connectivity index (χ2v) is 26.5. The Bertz CT molecular complexity index is 2210. The molecule has 0 aromatic rings. The van der Waals surface area contributed by atoms with Crippen LogP contribution in [0, 0.1) is 50.2 Å². The minimum atomic E-state index is -2.03. The Morgan fingerprint density at radius 2 is 1.08 bits per heavy atom. The number of hydrogen-bond acceptors (Lipinski definition) is 24. The van der Waals surface area contributed by atoms with Crippen molar-refractivity contribution in [1.82, 2.24) is 0 Å². The van der Waals surface area contributed by atoms with Crippen LogP contribution in [0.25, 0.3) is 0 Å². The Balaban J connectivity index is 1.01. The minimum Gasteiger partial charge on any atom is -0.467 e. The molecular weight excluding hydrogens is 1040 g/mol. The predicted octanol–water partition coefficient (Wildman–Crippen LogP) is -1.85. The summed E-state index contributed by atoms with van der Waals surface area (Å²) in [6.07, 6.45) is -27.0. The number of fused-ring (bicyclic) bond motifs is 7. The van der Waals surface area contributed by atoms with Gasteiger partial charge < -0.3 is 109 Å². The summed E-state index contributed by atoms with van der Waals surface area (Å²) in [5.41, 5.74) is -1.48. The first-order chi connectivity index (χ1) is 37.0. The van der Waals surface area contributed by atoms with Crippen LogP contribution in [-0.2, 0) is 52.2 Å². The molecular formula is C55H88O24. The summed E-state index contributed by atoms with van der Waals surface area (Å²) in [7, 11) is 1.06. The highest BCUT2D eigenvalue weighted by Crippen LogP contribution is 2.76. The van der Waals surface area contributed by atoms with Gasteiger partial charge in [-0.15, -0.1) is 0 Å². The number of esters is 2. The van der Waals surface area contributed by atoms with Crippen LogP contribution < -0.4 is 0 Å². The maximum Gasteiger partial charge on any atom is 0.337 e. The van der Waals surface area contributed by atoms with Crippen LogP contribution in [0.1, 0.15) is 113 Å². The zero-order valence-corrected chi connectivity index (χ0v) is 46.4. The van der Waals surface area contributed by atoms with Gasteiger partial charge in [0.1, 0.15) is 91.6 Å². The van der Waals surface area contributed by atoms with Crippen LogP contribution >= 0.6 is 0 Å². The summed E-state index contributed by atoms with van der Waals surface area (Å²) < 4.78 is 53.9. The number of carbonyl (C=O) groups is 2. The fraction of sp³-hybridized carbons (Fsp3) is 0.927. The highest BCUT2D eigenvalue weighted by Gasteiger charge is 2.70. The quantitative estimate of drug-likeness (QED) is 0.0579. The van der Waals surface area contributed by atoms with Crippen molar-refractivity contribution in [3.05, 3.63) is 11.6 Å². The molecule has 0 aromatic carbocycles. The molecule has 1 unspecified atom stereocenters. The lowest BCUT2D eigenvalue weighted by Gasteiger charge is -2.71. The molecule has 9 rings (SSSR count). The summed E-state index contributed by atoms with van der Waals surface area (Å²) in [4.78, 5) is 28.3. The lowest BCUT2D eigenvalue weighted by atomic mass is 9.33. The molecule has 4 saturated heterocycles. The zero-order chi connectivity index (χ0) is 57.9. The first kappa shape index (κ1) is 61.4. The lowest BCUT2D eigenvalue weighted by molar-refractivity contribution is -0.396. The van der Waals surface area contributed by atoms with E-state index in [1.54, 1.807) is 0 Å². The molecule has 9 aliphatic rings. The molecule has 24 heteroatoms. The average molecular weight is 1130 g/mol. The van der Waals surface area contributed by atoms with E-state index in [2.05, 4.69) is 54.5 Å². The summed E-state index contributed by atoms with van der Waals surface area (Å²) in [5, 5.41) is 139. The van der Waals surface area contributed by atoms with Gasteiger partial charge in [-0.3, -0.25) is 4.79 Å². The second kappa shape index (κ2) is 22.4. The molecule has 79 heavy (non-hydrogen) atoms. The van der Waals surface area contributed by atoms with Crippen LogP contribution in [0.5, 0.6) is 0 Å². The van der Waals surface area contributed by atoms with Crippen LogP contribution in [0.4, 0.5) is 0 Å². The van der Waals surface area contributed by atoms with Crippen molar-refractivity contribution in [2.45, 2.75) is 242 Å². The van der Waals surface area contributed by atoms with Crippen molar-refractivity contribution < 1.29 is 119 Å². The standard InChI is InChI=1S/C55H88O24/c1-50(2)15-17-55(49(70)79-47-39(67)36(64)33(61)27(22-58)74-47)18-16-53(6)23(24(55)19-50)9-10-29-52(5)13-12-30(51(3,4)28(52)11-14-54(29,53)7)75-48-43(78-46-38(66)35(63)32(60)26(21-57)73-46)41(40(68)42(77-48)44(69)71-8)76-45-37(65)34(62)31(59)25(20-56)72-45/h9,24-43,45-48,56-68H,10-22H2,1-8H3/t24-,25-,26+,27+,28-,29+,30-,31+,32+,33+,34+,35-,36-,37-,38+,39+,40-,41-,42-,43+,45+,46-,47?,48+,52-,53+,54+,55-/m0/s1. The number of carbonyl (C=O) groups excluding carboxylic acids is 2. The summed E-state index contributed by atoms with van der Waals surface area (Å²) in [5.74, 6) is -1.69. The monoisotopic (exact) mass is 1130 g/mol. The summed E-state index contributed by atoms with van der Waals surface area (Å²) >= 11 is 0. The number of aliphatic hydroxyl groups is 13. The Morgan fingerprint density at radius 1 is 0.557 bits per heavy atom. The van der Waals surface area contributed by atoms with Gasteiger partial charge in [0, 0.05) is 0 Å². The second-order valence-electron chi connectivity index (χ2n) is 26.5. The SMILES string of the molecule is COC(=O)[C@H]1O[C@@H](O[C@H]2CC[C@]3(C)[C@H]4CC=C5[C@@H]6CC(C)(C)CC[C@]6(C(=O)OC6O[C@H](CO)[C@@H](O)[C@H](O)[C@H]6O)CC[C@@]5(C)[C@]4(C)CC[C@H]3C2(C)C)[C@H](O[C@@H]2O[C@H](CO)[C@@H](O)[C@H](O)[C@H]2O)[C@@H](O[C@H]2O[C@@H](CO)[C@@H](O)[C@@H](O)[C@@H]2O)[C@@H]1O. The van der Waals surface area contributed by atoms with E-state index in [1.165, 1.54) is 5.57 Å². The van der Waals surface area contributed by atoms with E-state index in [1.807, 2.05) is 0 Å². The molecule has 4 heterocycles. The van der Waals surface area contributed by atoms with Crippen LogP contribution in [-0.4, -0.2) is 234 Å². The Morgan fingerprint density at radius 3 is 1.62 bits per heavy atom. The van der Waals surface area contributed by atoms with E-state index in [4.69, 9.17) is 42.6 Å². The van der Waals surface area contributed by atoms with Crippen molar-refractivity contribution >= 4 is 11.9 Å². The van der Waals surface area contributed by atoms with Crippen LogP contribution in [0.2, 0.25) is 0 Å². The third kappa shape index (κ3) is 10.1. The van der Waals surface area contributed by atoms with Gasteiger partial charge in [-0.2, -0.15) is 0 Å². The highest BCUT2D eigenvalue weighted by atomic mass is 16.8. The molecule has 8 fully saturated rings. The Labute approximate surface area is 459 Å². The fourth-order valence-electron chi connectivity index (χ4n) is 16.6. The van der Waals surface area contributed by atoms with E-state index in [0.717, 1.165) is 26.4 Å². The summed E-state index contributed by atoms with van der Waals surface area (Å²) in [6.45, 7) is 13.4. The van der Waals surface area contributed by atoms with Crippen LogP contribution in [0.15, 0.2) is 11.6 Å². The van der Waals surface area contributed by atoms with Gasteiger partial charge in [0.2, 0.25) is 6.29 Å². The summed E-state index contributed by atoms with van der Waals surface area (Å²) in [6, 6.07) is 0. The number of aliphatic hydroxyl groups excluding tert-OH is 13. The maximum atomic E-state index is 14.8. The smallest absolute Gasteiger partial charge is 0.337 e. The molecule has 0 radical (unpaired) electrons. The molecule has 4 saturated carbocycles. The zero-order valence-electron chi connectivity index (χ0n) is 46.4. The molecule has 0 amide bonds. The maximum absolute atomic E-state index is 14.8. The minimum absolute atomic E-state index is 0.00301. The van der Waals surface area contributed by atoms with E-state index in [-0.39, 0.29) is 39.4 Å². The number of ether oxygens (including phenoxy) is 9. The van der Waals surface area contributed by atoms with Gasteiger partial charge in [0.05, 0.1) is 38.4 Å². The average Bonchev–Trinajstić information content (AvgIpc) is 2.74. The van der Waals surface area contributed by atoms with Gasteiger partial charge in [-0.1, -0.05) is 60.1 Å². The third-order valence-corrected chi connectivity index (χ3v) is 21.6. The predicted molar refractivity (Wildman–Crippen MR) is 268 cm³/mol. The van der Waals surface area contributed by atoms with E-state index in [9.17, 15) is 76.0 Å². The molecule has 0 bridgehead atoms. The van der Waals surface area contributed by atoms with Gasteiger partial charge in [0.25, 0.3) is 0 Å². The van der Waals surface area contributed by atoms with Crippen molar-refractivity contribution in [2.24, 2.45) is 50.2 Å². The first-order valence-electron chi connectivity index (χ1n) is 28.2. The Kier molecular flexibility index (Phi) is 17.4. The molecule has 24 nitrogen and oxygen atoms in total. The first-order valence-corrected chi connectivity index (χ1v) is 28.2. The topological polar surface area (TPSA) is 380 Å². The number of methoxy groups -OCH3 is 1. The normalized spacial score (nSPS) is 52.3. The van der Waals surface area contributed by atoms with Crippen molar-refractivity contribution in [2.75, 3.05) is 26.9 Å². The lowest BCUT2D eigenvalue weighted by Crippen LogP contribution is -2.69. The molecule has 13 N–H and O–H groups in total. The third-order valence-electron chi connectivity index (χ3n) is 21.6. The highest BCUT2D eigenvalue weighted by molar-refractivity contribution is 5.79. The van der Waals surface area contributed by atoms with Gasteiger partial charge in [0.15, 0.2) is 25.0 Å². The van der Waals surface area contributed by atoms with Gasteiger partial charge >= 0.3 is 11.9 Å². The number of rotatable bonds is 12.